The first kappa shape index (κ1) is 13.4. The number of nitrogens with zero attached hydrogens (tertiary/aromatic N) is 2. The number of carbonyl (C=O) groups is 1. The van der Waals surface area contributed by atoms with Crippen LogP contribution in [0.2, 0.25) is 0 Å². The SMILES string of the molecule is Cc1nn(C)c(C)c1C(=O)Cc1cc(F)cc(F)c1. The summed E-state index contributed by atoms with van der Waals surface area (Å²) in [4.78, 5) is 12.2. The zero-order valence-electron chi connectivity index (χ0n) is 11.0. The smallest absolute Gasteiger partial charge is 0.170 e. The van der Waals surface area contributed by atoms with Crippen LogP contribution in [-0.4, -0.2) is 15.6 Å². The number of benzene rings is 1. The minimum absolute atomic E-state index is 0.0396. The lowest BCUT2D eigenvalue weighted by Crippen LogP contribution is -2.07. The van der Waals surface area contributed by atoms with Crippen LogP contribution in [0.15, 0.2) is 18.2 Å². The molecule has 0 N–H and O–H groups in total. The van der Waals surface area contributed by atoms with Crippen LogP contribution in [0.1, 0.15) is 27.3 Å². The summed E-state index contributed by atoms with van der Waals surface area (Å²) in [5.74, 6) is -1.54. The minimum atomic E-state index is -0.678. The van der Waals surface area contributed by atoms with Crippen LogP contribution < -0.4 is 0 Å². The largest absolute Gasteiger partial charge is 0.294 e. The Hall–Kier alpha value is -2.04. The summed E-state index contributed by atoms with van der Waals surface area (Å²) in [6, 6.07) is 3.12. The second-order valence-corrected chi connectivity index (χ2v) is 4.55. The number of hydrogen-bond acceptors (Lipinski definition) is 2. The van der Waals surface area contributed by atoms with Crippen molar-refractivity contribution in [2.24, 2.45) is 7.05 Å². The molecule has 0 atom stereocenters. The van der Waals surface area contributed by atoms with Gasteiger partial charge in [0.1, 0.15) is 11.6 Å². The van der Waals surface area contributed by atoms with Crippen molar-refractivity contribution in [1.29, 1.82) is 0 Å². The van der Waals surface area contributed by atoms with Crippen molar-refractivity contribution in [3.05, 3.63) is 52.3 Å². The number of rotatable bonds is 3. The molecule has 0 aliphatic heterocycles. The molecule has 1 aromatic carbocycles. The molecule has 0 aliphatic rings. The molecule has 0 saturated heterocycles. The summed E-state index contributed by atoms with van der Waals surface area (Å²) < 4.78 is 27.8. The first-order valence-corrected chi connectivity index (χ1v) is 5.87. The van der Waals surface area contributed by atoms with Crippen molar-refractivity contribution in [1.82, 2.24) is 9.78 Å². The van der Waals surface area contributed by atoms with Gasteiger partial charge in [-0.15, -0.1) is 0 Å². The van der Waals surface area contributed by atoms with Crippen molar-refractivity contribution in [3.63, 3.8) is 0 Å². The standard InChI is InChI=1S/C14H14F2N2O/c1-8-14(9(2)18(3)17-8)13(19)6-10-4-11(15)7-12(16)5-10/h4-5,7H,6H2,1-3H3. The van der Waals surface area contributed by atoms with E-state index in [2.05, 4.69) is 5.10 Å². The van der Waals surface area contributed by atoms with Crippen molar-refractivity contribution >= 4 is 5.78 Å². The molecule has 1 heterocycles. The van der Waals surface area contributed by atoms with Crippen LogP contribution in [0.25, 0.3) is 0 Å². The summed E-state index contributed by atoms with van der Waals surface area (Å²) in [7, 11) is 1.75. The van der Waals surface area contributed by atoms with Crippen LogP contribution in [0, 0.1) is 25.5 Å². The number of halogens is 2. The number of aromatic nitrogens is 2. The molecule has 0 amide bonds. The van der Waals surface area contributed by atoms with Gasteiger partial charge in [0.25, 0.3) is 0 Å². The summed E-state index contributed by atoms with van der Waals surface area (Å²) in [5.41, 5.74) is 2.22. The van der Waals surface area contributed by atoms with E-state index in [1.54, 1.807) is 25.6 Å². The number of aryl methyl sites for hydroxylation is 2. The zero-order chi connectivity index (χ0) is 14.2. The average Bonchev–Trinajstić information content (AvgIpc) is 2.51. The van der Waals surface area contributed by atoms with E-state index in [4.69, 9.17) is 0 Å². The van der Waals surface area contributed by atoms with Crippen LogP contribution in [0.3, 0.4) is 0 Å². The van der Waals surface area contributed by atoms with Gasteiger partial charge in [0.2, 0.25) is 0 Å². The van der Waals surface area contributed by atoms with Gasteiger partial charge >= 0.3 is 0 Å². The molecule has 0 spiro atoms. The third-order valence-corrected chi connectivity index (χ3v) is 3.07. The topological polar surface area (TPSA) is 34.9 Å². The van der Waals surface area contributed by atoms with E-state index in [0.717, 1.165) is 11.8 Å². The van der Waals surface area contributed by atoms with Gasteiger partial charge in [0.15, 0.2) is 5.78 Å². The highest BCUT2D eigenvalue weighted by atomic mass is 19.1. The Morgan fingerprint density at radius 1 is 1.21 bits per heavy atom. The molecule has 19 heavy (non-hydrogen) atoms. The van der Waals surface area contributed by atoms with E-state index in [1.807, 2.05) is 0 Å². The molecule has 2 aromatic rings. The summed E-state index contributed by atoms with van der Waals surface area (Å²) in [5, 5.41) is 4.16. The lowest BCUT2D eigenvalue weighted by molar-refractivity contribution is 0.0991. The van der Waals surface area contributed by atoms with Gasteiger partial charge in [-0.05, 0) is 31.5 Å². The third kappa shape index (κ3) is 2.70. The van der Waals surface area contributed by atoms with Gasteiger partial charge in [0, 0.05) is 25.2 Å². The maximum Gasteiger partial charge on any atom is 0.170 e. The molecule has 3 nitrogen and oxygen atoms in total. The molecular weight excluding hydrogens is 250 g/mol. The summed E-state index contributed by atoms with van der Waals surface area (Å²) in [6.45, 7) is 3.53. The van der Waals surface area contributed by atoms with Crippen molar-refractivity contribution in [3.8, 4) is 0 Å². The van der Waals surface area contributed by atoms with Gasteiger partial charge in [-0.1, -0.05) is 0 Å². The molecule has 0 bridgehead atoms. The number of Topliss-reactive ketones (excluding diaryl/α,β-unsaturated/α-hetero) is 1. The fourth-order valence-electron chi connectivity index (χ4n) is 2.16. The first-order valence-electron chi connectivity index (χ1n) is 5.87. The summed E-state index contributed by atoms with van der Waals surface area (Å²) >= 11 is 0. The van der Waals surface area contributed by atoms with E-state index < -0.39 is 11.6 Å². The third-order valence-electron chi connectivity index (χ3n) is 3.07. The van der Waals surface area contributed by atoms with Gasteiger partial charge in [0.05, 0.1) is 11.3 Å². The molecule has 2 rings (SSSR count). The quantitative estimate of drug-likeness (QED) is 0.799. The van der Waals surface area contributed by atoms with E-state index in [-0.39, 0.29) is 12.2 Å². The molecule has 1 aromatic heterocycles. The second-order valence-electron chi connectivity index (χ2n) is 4.55. The fraction of sp³-hybridized carbons (Fsp3) is 0.286. The lowest BCUT2D eigenvalue weighted by Gasteiger charge is -2.03. The average molecular weight is 264 g/mol. The highest BCUT2D eigenvalue weighted by Crippen LogP contribution is 2.16. The summed E-state index contributed by atoms with van der Waals surface area (Å²) in [6.07, 6.45) is -0.0396. The maximum absolute atomic E-state index is 13.1. The monoisotopic (exact) mass is 264 g/mol. The van der Waals surface area contributed by atoms with Crippen molar-refractivity contribution < 1.29 is 13.6 Å². The van der Waals surface area contributed by atoms with Crippen LogP contribution in [0.5, 0.6) is 0 Å². The number of ketones is 1. The Morgan fingerprint density at radius 2 is 1.79 bits per heavy atom. The fourth-order valence-corrected chi connectivity index (χ4v) is 2.16. The number of hydrogen-bond donors (Lipinski definition) is 0. The van der Waals surface area contributed by atoms with Crippen LogP contribution in [0.4, 0.5) is 8.78 Å². The Morgan fingerprint density at radius 3 is 2.26 bits per heavy atom. The van der Waals surface area contributed by atoms with Crippen molar-refractivity contribution in [2.75, 3.05) is 0 Å². The Kier molecular flexibility index (Phi) is 3.46. The number of carbonyl (C=O) groups excluding carboxylic acids is 1. The molecule has 0 aliphatic carbocycles. The van der Waals surface area contributed by atoms with Gasteiger partial charge in [-0.2, -0.15) is 5.10 Å². The zero-order valence-corrected chi connectivity index (χ0v) is 11.0. The van der Waals surface area contributed by atoms with E-state index >= 15 is 0 Å². The maximum atomic E-state index is 13.1. The van der Waals surface area contributed by atoms with Crippen LogP contribution >= 0.6 is 0 Å². The molecule has 0 saturated carbocycles. The predicted octanol–water partition coefficient (Wildman–Crippen LogP) is 2.74. The molecular formula is C14H14F2N2O. The van der Waals surface area contributed by atoms with E-state index in [1.165, 1.54) is 12.1 Å². The highest BCUT2D eigenvalue weighted by molar-refractivity contribution is 5.99. The highest BCUT2D eigenvalue weighted by Gasteiger charge is 2.18. The van der Waals surface area contributed by atoms with E-state index in [9.17, 15) is 13.6 Å². The molecule has 5 heteroatoms. The lowest BCUT2D eigenvalue weighted by atomic mass is 10.0. The second kappa shape index (κ2) is 4.91. The van der Waals surface area contributed by atoms with Gasteiger partial charge < -0.3 is 0 Å². The molecule has 0 unspecified atom stereocenters. The minimum Gasteiger partial charge on any atom is -0.294 e. The van der Waals surface area contributed by atoms with Crippen LogP contribution in [-0.2, 0) is 13.5 Å². The normalized spacial score (nSPS) is 10.8. The Labute approximate surface area is 109 Å². The Bertz CT molecular complexity index is 627. The first-order chi connectivity index (χ1) is 8.88. The van der Waals surface area contributed by atoms with Gasteiger partial charge in [-0.25, -0.2) is 8.78 Å². The predicted molar refractivity (Wildman–Crippen MR) is 67.1 cm³/mol. The van der Waals surface area contributed by atoms with Crippen molar-refractivity contribution in [2.45, 2.75) is 20.3 Å². The molecule has 0 fully saturated rings. The Balaban J connectivity index is 2.30. The van der Waals surface area contributed by atoms with E-state index in [0.29, 0.717) is 16.8 Å². The molecule has 100 valence electrons. The molecule has 0 radical (unpaired) electrons. The van der Waals surface area contributed by atoms with Gasteiger partial charge in [-0.3, -0.25) is 9.48 Å².